The van der Waals surface area contributed by atoms with Gasteiger partial charge in [0.05, 0.1) is 0 Å². The second kappa shape index (κ2) is 4.00. The molecule has 15 heavy (non-hydrogen) atoms. The van der Waals surface area contributed by atoms with Gasteiger partial charge in [-0.3, -0.25) is 0 Å². The van der Waals surface area contributed by atoms with Gasteiger partial charge in [-0.1, -0.05) is 24.3 Å². The van der Waals surface area contributed by atoms with Crippen molar-refractivity contribution < 1.29 is 9.90 Å². The van der Waals surface area contributed by atoms with E-state index in [0.717, 1.165) is 12.6 Å². The van der Waals surface area contributed by atoms with Gasteiger partial charge in [-0.05, 0) is 17.2 Å². The van der Waals surface area contributed by atoms with Crippen molar-refractivity contribution >= 4 is 12.0 Å². The Balaban J connectivity index is 2.16. The Morgan fingerprint density at radius 1 is 1.40 bits per heavy atom. The number of hydrogen-bond acceptors (Lipinski definition) is 2. The Hall–Kier alpha value is -2.03. The summed E-state index contributed by atoms with van der Waals surface area (Å²) in [5.41, 5.74) is 2.40. The van der Waals surface area contributed by atoms with Crippen LogP contribution in [-0.2, 0) is 11.3 Å². The molecule has 0 unspecified atom stereocenters. The molecule has 0 aliphatic carbocycles. The molecule has 0 bridgehead atoms. The van der Waals surface area contributed by atoms with Crippen LogP contribution in [0, 0.1) is 0 Å². The molecular weight excluding hydrogens is 190 g/mol. The van der Waals surface area contributed by atoms with E-state index in [-0.39, 0.29) is 0 Å². The van der Waals surface area contributed by atoms with E-state index in [4.69, 9.17) is 5.11 Å². The first kappa shape index (κ1) is 9.52. The van der Waals surface area contributed by atoms with Crippen molar-refractivity contribution in [2.45, 2.75) is 6.54 Å². The minimum atomic E-state index is -0.928. The van der Waals surface area contributed by atoms with Crippen molar-refractivity contribution in [3.05, 3.63) is 53.9 Å². The van der Waals surface area contributed by atoms with Crippen molar-refractivity contribution in [1.82, 2.24) is 4.90 Å². The zero-order valence-corrected chi connectivity index (χ0v) is 8.13. The number of fused-ring (bicyclic) bond motifs is 1. The smallest absolute Gasteiger partial charge is 0.329 e. The summed E-state index contributed by atoms with van der Waals surface area (Å²) in [4.78, 5) is 12.2. The van der Waals surface area contributed by atoms with Gasteiger partial charge in [0.2, 0.25) is 0 Å². The number of carboxylic acids is 1. The van der Waals surface area contributed by atoms with E-state index in [2.05, 4.69) is 0 Å². The lowest BCUT2D eigenvalue weighted by Gasteiger charge is -2.21. The standard InChI is InChI=1S/C12H11NO2/c14-12(15)6-8-13-7-5-10-3-1-2-4-11(10)9-13/h1-8H,9H2,(H,14,15). The van der Waals surface area contributed by atoms with E-state index in [1.54, 1.807) is 6.20 Å². The molecular formula is C12H11NO2. The summed E-state index contributed by atoms with van der Waals surface area (Å²) >= 11 is 0. The zero-order chi connectivity index (χ0) is 10.7. The molecule has 2 rings (SSSR count). The van der Waals surface area contributed by atoms with Crippen LogP contribution >= 0.6 is 0 Å². The predicted octanol–water partition coefficient (Wildman–Crippen LogP) is 2.07. The van der Waals surface area contributed by atoms with Crippen LogP contribution in [0.2, 0.25) is 0 Å². The first-order chi connectivity index (χ1) is 7.25. The normalized spacial score (nSPS) is 14.3. The van der Waals surface area contributed by atoms with Crippen LogP contribution < -0.4 is 0 Å². The highest BCUT2D eigenvalue weighted by Crippen LogP contribution is 2.18. The minimum absolute atomic E-state index is 0.719. The van der Waals surface area contributed by atoms with Gasteiger partial charge >= 0.3 is 5.97 Å². The maximum Gasteiger partial charge on any atom is 0.329 e. The van der Waals surface area contributed by atoms with E-state index in [1.165, 1.54) is 11.1 Å². The van der Waals surface area contributed by atoms with Crippen LogP contribution in [0.15, 0.2) is 42.7 Å². The number of benzene rings is 1. The van der Waals surface area contributed by atoms with E-state index in [1.807, 2.05) is 41.4 Å². The lowest BCUT2D eigenvalue weighted by Crippen LogP contribution is -2.13. The molecule has 1 aromatic carbocycles. The summed E-state index contributed by atoms with van der Waals surface area (Å²) in [6, 6.07) is 8.06. The van der Waals surface area contributed by atoms with Crippen LogP contribution in [0.4, 0.5) is 0 Å². The molecule has 76 valence electrons. The molecule has 0 radical (unpaired) electrons. The Morgan fingerprint density at radius 3 is 3.00 bits per heavy atom. The third-order valence-corrected chi connectivity index (χ3v) is 2.26. The van der Waals surface area contributed by atoms with E-state index in [0.29, 0.717) is 0 Å². The topological polar surface area (TPSA) is 40.5 Å². The SMILES string of the molecule is O=C(O)C=CN1C=Cc2ccccc2C1. The maximum absolute atomic E-state index is 10.3. The third-order valence-electron chi connectivity index (χ3n) is 2.26. The van der Waals surface area contributed by atoms with Gasteiger partial charge in [0.15, 0.2) is 0 Å². The number of rotatable bonds is 2. The number of carbonyl (C=O) groups is 1. The van der Waals surface area contributed by atoms with Crippen LogP contribution in [0.1, 0.15) is 11.1 Å². The molecule has 0 fully saturated rings. The summed E-state index contributed by atoms with van der Waals surface area (Å²) in [7, 11) is 0. The number of carboxylic acid groups (broad SMARTS) is 1. The summed E-state index contributed by atoms with van der Waals surface area (Å²) in [5.74, 6) is -0.928. The fraction of sp³-hybridized carbons (Fsp3) is 0.0833. The molecule has 0 atom stereocenters. The second-order valence-electron chi connectivity index (χ2n) is 3.34. The average molecular weight is 201 g/mol. The highest BCUT2D eigenvalue weighted by atomic mass is 16.4. The third kappa shape index (κ3) is 2.26. The fourth-order valence-electron chi connectivity index (χ4n) is 1.53. The molecule has 0 saturated heterocycles. The molecule has 1 aromatic rings. The quantitative estimate of drug-likeness (QED) is 0.744. The first-order valence-corrected chi connectivity index (χ1v) is 4.69. The summed E-state index contributed by atoms with van der Waals surface area (Å²) in [6.07, 6.45) is 6.56. The van der Waals surface area contributed by atoms with Crippen molar-refractivity contribution in [2.24, 2.45) is 0 Å². The highest BCUT2D eigenvalue weighted by Gasteiger charge is 2.07. The van der Waals surface area contributed by atoms with Crippen LogP contribution in [0.5, 0.6) is 0 Å². The predicted molar refractivity (Wildman–Crippen MR) is 57.8 cm³/mol. The van der Waals surface area contributed by atoms with Crippen molar-refractivity contribution in [2.75, 3.05) is 0 Å². The lowest BCUT2D eigenvalue weighted by molar-refractivity contribution is -0.131. The largest absolute Gasteiger partial charge is 0.478 e. The molecule has 1 heterocycles. The van der Waals surface area contributed by atoms with Gasteiger partial charge in [0.25, 0.3) is 0 Å². The molecule has 1 N–H and O–H groups in total. The van der Waals surface area contributed by atoms with E-state index < -0.39 is 5.97 Å². The minimum Gasteiger partial charge on any atom is -0.478 e. The van der Waals surface area contributed by atoms with Gasteiger partial charge in [-0.15, -0.1) is 0 Å². The Labute approximate surface area is 88.0 Å². The van der Waals surface area contributed by atoms with Gasteiger partial charge < -0.3 is 10.0 Å². The Bertz CT molecular complexity index is 435. The van der Waals surface area contributed by atoms with Crippen molar-refractivity contribution in [1.29, 1.82) is 0 Å². The van der Waals surface area contributed by atoms with Gasteiger partial charge in [0.1, 0.15) is 0 Å². The van der Waals surface area contributed by atoms with Crippen molar-refractivity contribution in [3.63, 3.8) is 0 Å². The van der Waals surface area contributed by atoms with Crippen LogP contribution in [0.25, 0.3) is 6.08 Å². The molecule has 3 heteroatoms. The number of hydrogen-bond donors (Lipinski definition) is 1. The molecule has 0 amide bonds. The fourth-order valence-corrected chi connectivity index (χ4v) is 1.53. The molecule has 1 aliphatic heterocycles. The average Bonchev–Trinajstić information content (AvgIpc) is 2.26. The van der Waals surface area contributed by atoms with Gasteiger partial charge in [0, 0.05) is 25.0 Å². The zero-order valence-electron chi connectivity index (χ0n) is 8.13. The molecule has 3 nitrogen and oxygen atoms in total. The van der Waals surface area contributed by atoms with Gasteiger partial charge in [-0.25, -0.2) is 4.79 Å². The Morgan fingerprint density at radius 2 is 2.20 bits per heavy atom. The van der Waals surface area contributed by atoms with Crippen LogP contribution in [-0.4, -0.2) is 16.0 Å². The van der Waals surface area contributed by atoms with Gasteiger partial charge in [-0.2, -0.15) is 0 Å². The second-order valence-corrected chi connectivity index (χ2v) is 3.34. The molecule has 0 spiro atoms. The monoisotopic (exact) mass is 201 g/mol. The van der Waals surface area contributed by atoms with E-state index >= 15 is 0 Å². The summed E-state index contributed by atoms with van der Waals surface area (Å²) in [5, 5.41) is 8.50. The summed E-state index contributed by atoms with van der Waals surface area (Å²) in [6.45, 7) is 0.719. The summed E-state index contributed by atoms with van der Waals surface area (Å²) < 4.78 is 0. The van der Waals surface area contributed by atoms with Crippen molar-refractivity contribution in [3.8, 4) is 0 Å². The Kier molecular flexibility index (Phi) is 2.54. The lowest BCUT2D eigenvalue weighted by atomic mass is 10.0. The maximum atomic E-state index is 10.3. The molecule has 0 aromatic heterocycles. The number of aliphatic carboxylic acids is 1. The first-order valence-electron chi connectivity index (χ1n) is 4.69. The molecule has 0 saturated carbocycles. The molecule has 1 aliphatic rings. The highest BCUT2D eigenvalue weighted by molar-refractivity contribution is 5.79. The van der Waals surface area contributed by atoms with E-state index in [9.17, 15) is 4.79 Å². The number of nitrogens with zero attached hydrogens (tertiary/aromatic N) is 1. The van der Waals surface area contributed by atoms with Crippen LogP contribution in [0.3, 0.4) is 0 Å².